The molecule has 4 heteroatoms. The van der Waals surface area contributed by atoms with Crippen LogP contribution >= 0.6 is 0 Å². The minimum absolute atomic E-state index is 0.0964. The van der Waals surface area contributed by atoms with Gasteiger partial charge in [-0.15, -0.1) is 0 Å². The van der Waals surface area contributed by atoms with E-state index in [1.807, 2.05) is 12.1 Å². The highest BCUT2D eigenvalue weighted by Crippen LogP contribution is 2.25. The monoisotopic (exact) mass is 332 g/mol. The highest BCUT2D eigenvalue weighted by atomic mass is 19.1. The topological polar surface area (TPSA) is 32.3 Å². The van der Waals surface area contributed by atoms with E-state index in [4.69, 9.17) is 0 Å². The first-order chi connectivity index (χ1) is 11.6. The minimum Gasteiger partial charge on any atom is -0.353 e. The molecule has 1 heterocycles. The van der Waals surface area contributed by atoms with Crippen LogP contribution < -0.4 is 5.32 Å². The van der Waals surface area contributed by atoms with Crippen molar-refractivity contribution in [1.82, 2.24) is 10.2 Å². The molecule has 1 amide bonds. The average Bonchev–Trinajstić information content (AvgIpc) is 3.39. The van der Waals surface area contributed by atoms with Gasteiger partial charge in [-0.05, 0) is 76.1 Å². The molecule has 0 aromatic heterocycles. The predicted octanol–water partition coefficient (Wildman–Crippen LogP) is 3.53. The Hall–Kier alpha value is -1.42. The Morgan fingerprint density at radius 2 is 1.96 bits per heavy atom. The van der Waals surface area contributed by atoms with E-state index in [1.165, 1.54) is 0 Å². The molecule has 1 aromatic carbocycles. The zero-order valence-corrected chi connectivity index (χ0v) is 14.6. The predicted molar refractivity (Wildman–Crippen MR) is 94.3 cm³/mol. The van der Waals surface area contributed by atoms with Crippen molar-refractivity contribution >= 4 is 5.91 Å². The number of halogens is 1. The summed E-state index contributed by atoms with van der Waals surface area (Å²) in [6.07, 6.45) is 7.06. The Morgan fingerprint density at radius 1 is 1.25 bits per heavy atom. The van der Waals surface area contributed by atoms with Crippen LogP contribution in [0.3, 0.4) is 0 Å². The molecule has 1 aromatic rings. The van der Waals surface area contributed by atoms with Gasteiger partial charge < -0.3 is 10.2 Å². The van der Waals surface area contributed by atoms with E-state index in [0.717, 1.165) is 57.2 Å². The molecular weight excluding hydrogens is 303 g/mol. The summed E-state index contributed by atoms with van der Waals surface area (Å²) in [4.78, 5) is 14.3. The maximum absolute atomic E-state index is 13.8. The van der Waals surface area contributed by atoms with Gasteiger partial charge in [0.15, 0.2) is 0 Å². The van der Waals surface area contributed by atoms with Crippen LogP contribution in [-0.4, -0.2) is 36.0 Å². The summed E-state index contributed by atoms with van der Waals surface area (Å²) in [5.74, 6) is 0.792. The van der Waals surface area contributed by atoms with Crippen molar-refractivity contribution in [2.75, 3.05) is 13.1 Å². The Balaban J connectivity index is 1.38. The van der Waals surface area contributed by atoms with E-state index < -0.39 is 0 Å². The lowest BCUT2D eigenvalue weighted by atomic mass is 9.90. The SMILES string of the molecule is CC(Cc1ccccc1F)N1CCC(CCC(=O)NC2CC2)CC1. The molecule has 1 saturated carbocycles. The molecule has 24 heavy (non-hydrogen) atoms. The second-order valence-corrected chi connectivity index (χ2v) is 7.50. The van der Waals surface area contributed by atoms with Gasteiger partial charge in [-0.25, -0.2) is 4.39 Å². The van der Waals surface area contributed by atoms with Gasteiger partial charge in [0.05, 0.1) is 0 Å². The second-order valence-electron chi connectivity index (χ2n) is 7.50. The standard InChI is InChI=1S/C20H29FN2O/c1-15(14-17-4-2-3-5-19(17)21)23-12-10-16(11-13-23)6-9-20(24)22-18-7-8-18/h2-5,15-16,18H,6-14H2,1H3,(H,22,24). The molecule has 2 aliphatic rings. The van der Waals surface area contributed by atoms with Crippen LogP contribution in [0.2, 0.25) is 0 Å². The summed E-state index contributed by atoms with van der Waals surface area (Å²) in [6.45, 7) is 4.31. The van der Waals surface area contributed by atoms with Gasteiger partial charge in [0.1, 0.15) is 5.82 Å². The highest BCUT2D eigenvalue weighted by Gasteiger charge is 2.26. The summed E-state index contributed by atoms with van der Waals surface area (Å²) in [6, 6.07) is 7.91. The smallest absolute Gasteiger partial charge is 0.220 e. The molecule has 0 spiro atoms. The van der Waals surface area contributed by atoms with Crippen LogP contribution in [-0.2, 0) is 11.2 Å². The maximum atomic E-state index is 13.8. The van der Waals surface area contributed by atoms with Gasteiger partial charge in [-0.2, -0.15) is 0 Å². The third-order valence-electron chi connectivity index (χ3n) is 5.47. The molecule has 3 nitrogen and oxygen atoms in total. The molecule has 1 unspecified atom stereocenters. The number of nitrogens with zero attached hydrogens (tertiary/aromatic N) is 1. The van der Waals surface area contributed by atoms with Crippen molar-refractivity contribution in [2.45, 2.75) is 64.0 Å². The van der Waals surface area contributed by atoms with E-state index >= 15 is 0 Å². The molecule has 0 radical (unpaired) electrons. The van der Waals surface area contributed by atoms with Crippen molar-refractivity contribution in [3.63, 3.8) is 0 Å². The number of hydrogen-bond donors (Lipinski definition) is 1. The average molecular weight is 332 g/mol. The number of amides is 1. The van der Waals surface area contributed by atoms with E-state index in [0.29, 0.717) is 24.4 Å². The Labute approximate surface area is 144 Å². The molecular formula is C20H29FN2O. The molecule has 0 bridgehead atoms. The van der Waals surface area contributed by atoms with Gasteiger partial charge in [0.2, 0.25) is 5.91 Å². The molecule has 1 N–H and O–H groups in total. The summed E-state index contributed by atoms with van der Waals surface area (Å²) >= 11 is 0. The summed E-state index contributed by atoms with van der Waals surface area (Å²) < 4.78 is 13.8. The number of rotatable bonds is 7. The summed E-state index contributed by atoms with van der Waals surface area (Å²) in [5.41, 5.74) is 0.809. The van der Waals surface area contributed by atoms with Crippen LogP contribution in [0.4, 0.5) is 4.39 Å². The van der Waals surface area contributed by atoms with E-state index in [-0.39, 0.29) is 11.7 Å². The van der Waals surface area contributed by atoms with Gasteiger partial charge >= 0.3 is 0 Å². The number of carbonyl (C=O) groups excluding carboxylic acids is 1. The largest absolute Gasteiger partial charge is 0.353 e. The van der Waals surface area contributed by atoms with Gasteiger partial charge in [0.25, 0.3) is 0 Å². The second kappa shape index (κ2) is 8.11. The van der Waals surface area contributed by atoms with Crippen molar-refractivity contribution in [3.8, 4) is 0 Å². The van der Waals surface area contributed by atoms with Crippen molar-refractivity contribution in [1.29, 1.82) is 0 Å². The van der Waals surface area contributed by atoms with Crippen molar-refractivity contribution < 1.29 is 9.18 Å². The lowest BCUT2D eigenvalue weighted by Gasteiger charge is -2.36. The van der Waals surface area contributed by atoms with Crippen LogP contribution in [0.1, 0.15) is 51.0 Å². The van der Waals surface area contributed by atoms with Crippen LogP contribution in [0, 0.1) is 11.7 Å². The number of carbonyl (C=O) groups is 1. The summed E-state index contributed by atoms with van der Waals surface area (Å²) in [5, 5.41) is 3.07. The van der Waals surface area contributed by atoms with Crippen LogP contribution in [0.15, 0.2) is 24.3 Å². The number of hydrogen-bond acceptors (Lipinski definition) is 2. The first kappa shape index (κ1) is 17.4. The number of piperidine rings is 1. The van der Waals surface area contributed by atoms with Gasteiger partial charge in [-0.1, -0.05) is 18.2 Å². The Morgan fingerprint density at radius 3 is 2.62 bits per heavy atom. The molecule has 2 fully saturated rings. The fourth-order valence-corrected chi connectivity index (χ4v) is 3.66. The lowest BCUT2D eigenvalue weighted by molar-refractivity contribution is -0.121. The van der Waals surface area contributed by atoms with Crippen LogP contribution in [0.25, 0.3) is 0 Å². The quantitative estimate of drug-likeness (QED) is 0.828. The number of benzene rings is 1. The highest BCUT2D eigenvalue weighted by molar-refractivity contribution is 5.76. The molecule has 1 aliphatic carbocycles. The molecule has 1 saturated heterocycles. The number of likely N-dealkylation sites (tertiary alicyclic amines) is 1. The molecule has 1 aliphatic heterocycles. The van der Waals surface area contributed by atoms with E-state index in [2.05, 4.69) is 17.1 Å². The Kier molecular flexibility index (Phi) is 5.88. The lowest BCUT2D eigenvalue weighted by Crippen LogP contribution is -2.41. The summed E-state index contributed by atoms with van der Waals surface area (Å²) in [7, 11) is 0. The van der Waals surface area contributed by atoms with E-state index in [1.54, 1.807) is 12.1 Å². The normalized spacial score (nSPS) is 20.8. The molecule has 3 rings (SSSR count). The van der Waals surface area contributed by atoms with E-state index in [9.17, 15) is 9.18 Å². The number of nitrogens with one attached hydrogen (secondary N) is 1. The van der Waals surface area contributed by atoms with Crippen LogP contribution in [0.5, 0.6) is 0 Å². The van der Waals surface area contributed by atoms with Crippen molar-refractivity contribution in [3.05, 3.63) is 35.6 Å². The minimum atomic E-state index is -0.0964. The third kappa shape index (κ3) is 5.04. The zero-order valence-electron chi connectivity index (χ0n) is 14.6. The van der Waals surface area contributed by atoms with Gasteiger partial charge in [0, 0.05) is 18.5 Å². The molecule has 132 valence electrons. The first-order valence-corrected chi connectivity index (χ1v) is 9.38. The van der Waals surface area contributed by atoms with Crippen molar-refractivity contribution in [2.24, 2.45) is 5.92 Å². The van der Waals surface area contributed by atoms with Gasteiger partial charge in [-0.3, -0.25) is 4.79 Å². The zero-order chi connectivity index (χ0) is 16.9. The first-order valence-electron chi connectivity index (χ1n) is 9.38. The fraction of sp³-hybridized carbons (Fsp3) is 0.650. The Bertz CT molecular complexity index is 550. The fourth-order valence-electron chi connectivity index (χ4n) is 3.66. The maximum Gasteiger partial charge on any atom is 0.220 e. The third-order valence-corrected chi connectivity index (χ3v) is 5.47. The molecule has 1 atom stereocenters.